The molecule has 1 aromatic heterocycles. The maximum atomic E-state index is 4.15. The smallest absolute Gasteiger partial charge is 0.0928 e. The molecule has 60 valence electrons. The van der Waals surface area contributed by atoms with E-state index in [1.807, 2.05) is 23.1 Å². The van der Waals surface area contributed by atoms with Gasteiger partial charge in [-0.1, -0.05) is 0 Å². The van der Waals surface area contributed by atoms with Crippen molar-refractivity contribution < 1.29 is 0 Å². The summed E-state index contributed by atoms with van der Waals surface area (Å²) in [6, 6.07) is 1.97. The molecule has 0 aliphatic carbocycles. The Morgan fingerprint density at radius 1 is 1.27 bits per heavy atom. The van der Waals surface area contributed by atoms with Crippen molar-refractivity contribution in [1.29, 1.82) is 0 Å². The van der Waals surface area contributed by atoms with Gasteiger partial charge in [0, 0.05) is 12.4 Å². The van der Waals surface area contributed by atoms with E-state index in [2.05, 4.69) is 10.00 Å². The predicted molar refractivity (Wildman–Crippen MR) is 43.0 cm³/mol. The Hall–Kier alpha value is -0.830. The van der Waals surface area contributed by atoms with E-state index in [9.17, 15) is 0 Å². The summed E-state index contributed by atoms with van der Waals surface area (Å²) in [6.07, 6.45) is 6.54. The molecule has 0 spiro atoms. The lowest BCUT2D eigenvalue weighted by molar-refractivity contribution is 0.255. The zero-order valence-electron chi connectivity index (χ0n) is 6.61. The minimum absolute atomic E-state index is 0.965. The van der Waals surface area contributed by atoms with Gasteiger partial charge >= 0.3 is 0 Å². The number of nitrogens with zero attached hydrogens (tertiary/aromatic N) is 3. The highest BCUT2D eigenvalue weighted by Gasteiger charge is 2.10. The normalized spacial score (nSPS) is 19.3. The first-order chi connectivity index (χ1) is 5.45. The van der Waals surface area contributed by atoms with E-state index in [0.717, 1.165) is 6.67 Å². The quantitative estimate of drug-likeness (QED) is 0.627. The summed E-state index contributed by atoms with van der Waals surface area (Å²) in [7, 11) is 0. The van der Waals surface area contributed by atoms with Crippen molar-refractivity contribution >= 4 is 0 Å². The maximum Gasteiger partial charge on any atom is 0.0928 e. The van der Waals surface area contributed by atoms with E-state index in [-0.39, 0.29) is 0 Å². The molecule has 0 atom stereocenters. The molecule has 1 saturated heterocycles. The van der Waals surface area contributed by atoms with Crippen LogP contribution in [0.2, 0.25) is 0 Å². The minimum Gasteiger partial charge on any atom is -0.284 e. The van der Waals surface area contributed by atoms with Crippen molar-refractivity contribution in [2.45, 2.75) is 19.5 Å². The highest BCUT2D eigenvalue weighted by molar-refractivity contribution is 4.78. The number of rotatable bonds is 2. The lowest BCUT2D eigenvalue weighted by Crippen LogP contribution is -2.22. The number of aromatic nitrogens is 2. The van der Waals surface area contributed by atoms with Gasteiger partial charge in [-0.15, -0.1) is 0 Å². The lowest BCUT2D eigenvalue weighted by atomic mass is 10.4. The summed E-state index contributed by atoms with van der Waals surface area (Å²) >= 11 is 0. The Morgan fingerprint density at radius 2 is 2.09 bits per heavy atom. The zero-order chi connectivity index (χ0) is 7.52. The van der Waals surface area contributed by atoms with E-state index >= 15 is 0 Å². The zero-order valence-corrected chi connectivity index (χ0v) is 6.61. The molecule has 1 aliphatic rings. The van der Waals surface area contributed by atoms with Crippen LogP contribution in [0.15, 0.2) is 18.5 Å². The monoisotopic (exact) mass is 151 g/mol. The van der Waals surface area contributed by atoms with Crippen LogP contribution < -0.4 is 0 Å². The molecular weight excluding hydrogens is 138 g/mol. The molecule has 0 saturated carbocycles. The Morgan fingerprint density at radius 3 is 2.73 bits per heavy atom. The topological polar surface area (TPSA) is 21.1 Å². The molecule has 3 heteroatoms. The third-order valence-corrected chi connectivity index (χ3v) is 2.10. The predicted octanol–water partition coefficient (Wildman–Crippen LogP) is 0.936. The van der Waals surface area contributed by atoms with Gasteiger partial charge in [0.05, 0.1) is 6.67 Å². The van der Waals surface area contributed by atoms with Crippen LogP contribution in [0.4, 0.5) is 0 Å². The van der Waals surface area contributed by atoms with Crippen molar-refractivity contribution in [3.63, 3.8) is 0 Å². The molecule has 0 radical (unpaired) electrons. The van der Waals surface area contributed by atoms with Gasteiger partial charge in [-0.25, -0.2) is 0 Å². The fourth-order valence-corrected chi connectivity index (χ4v) is 1.51. The first-order valence-electron chi connectivity index (χ1n) is 4.15. The number of likely N-dealkylation sites (tertiary alicyclic amines) is 1. The molecule has 0 unspecified atom stereocenters. The number of hydrogen-bond acceptors (Lipinski definition) is 2. The van der Waals surface area contributed by atoms with E-state index in [4.69, 9.17) is 0 Å². The van der Waals surface area contributed by atoms with Crippen LogP contribution in [-0.4, -0.2) is 27.8 Å². The summed E-state index contributed by atoms with van der Waals surface area (Å²) in [5.41, 5.74) is 0. The first-order valence-corrected chi connectivity index (χ1v) is 4.15. The van der Waals surface area contributed by atoms with Crippen LogP contribution in [0.3, 0.4) is 0 Å². The van der Waals surface area contributed by atoms with Crippen molar-refractivity contribution in [3.8, 4) is 0 Å². The van der Waals surface area contributed by atoms with Gasteiger partial charge in [-0.3, -0.25) is 9.58 Å². The summed E-state index contributed by atoms with van der Waals surface area (Å²) in [6.45, 7) is 3.44. The maximum absolute atomic E-state index is 4.15. The van der Waals surface area contributed by atoms with Crippen LogP contribution in [0.25, 0.3) is 0 Å². The Kier molecular flexibility index (Phi) is 1.90. The van der Waals surface area contributed by atoms with Crippen LogP contribution in [-0.2, 0) is 6.67 Å². The molecule has 0 N–H and O–H groups in total. The third-order valence-electron chi connectivity index (χ3n) is 2.10. The van der Waals surface area contributed by atoms with E-state index in [1.165, 1.54) is 25.9 Å². The molecule has 1 aliphatic heterocycles. The van der Waals surface area contributed by atoms with Gasteiger partial charge in [0.25, 0.3) is 0 Å². The molecular formula is C8H13N3. The van der Waals surface area contributed by atoms with Gasteiger partial charge in [0.2, 0.25) is 0 Å². The highest BCUT2D eigenvalue weighted by atomic mass is 15.4. The largest absolute Gasteiger partial charge is 0.284 e. The van der Waals surface area contributed by atoms with Crippen molar-refractivity contribution in [2.75, 3.05) is 13.1 Å². The molecule has 3 nitrogen and oxygen atoms in total. The van der Waals surface area contributed by atoms with Gasteiger partial charge in [-0.2, -0.15) is 5.10 Å². The Balaban J connectivity index is 1.90. The molecule has 0 bridgehead atoms. The molecule has 0 amide bonds. The second-order valence-electron chi connectivity index (χ2n) is 3.01. The highest BCUT2D eigenvalue weighted by Crippen LogP contribution is 2.07. The van der Waals surface area contributed by atoms with Gasteiger partial charge in [0.1, 0.15) is 0 Å². The summed E-state index contributed by atoms with van der Waals surface area (Å²) in [5.74, 6) is 0. The average molecular weight is 151 g/mol. The first kappa shape index (κ1) is 6.85. The van der Waals surface area contributed by atoms with E-state index < -0.39 is 0 Å². The Bertz CT molecular complexity index is 199. The van der Waals surface area contributed by atoms with Gasteiger partial charge < -0.3 is 0 Å². The van der Waals surface area contributed by atoms with Gasteiger partial charge in [-0.05, 0) is 32.0 Å². The summed E-state index contributed by atoms with van der Waals surface area (Å²) in [5, 5.41) is 4.15. The standard InChI is InChI=1S/C8H13N3/c1-2-6-10(5-1)8-11-7-3-4-9-11/h3-4,7H,1-2,5-6,8H2. The van der Waals surface area contributed by atoms with Crippen LogP contribution >= 0.6 is 0 Å². The second-order valence-corrected chi connectivity index (χ2v) is 3.01. The molecule has 1 aromatic rings. The van der Waals surface area contributed by atoms with Crippen LogP contribution in [0, 0.1) is 0 Å². The van der Waals surface area contributed by atoms with Crippen molar-refractivity contribution in [2.24, 2.45) is 0 Å². The van der Waals surface area contributed by atoms with Crippen molar-refractivity contribution in [3.05, 3.63) is 18.5 Å². The number of hydrogen-bond donors (Lipinski definition) is 0. The van der Waals surface area contributed by atoms with E-state index in [0.29, 0.717) is 0 Å². The minimum atomic E-state index is 0.965. The SMILES string of the molecule is c1cnn(CN2CCCC2)c1. The fraction of sp³-hybridized carbons (Fsp3) is 0.625. The summed E-state index contributed by atoms with van der Waals surface area (Å²) in [4.78, 5) is 2.42. The van der Waals surface area contributed by atoms with Crippen molar-refractivity contribution in [1.82, 2.24) is 14.7 Å². The lowest BCUT2D eigenvalue weighted by Gasteiger charge is -2.13. The van der Waals surface area contributed by atoms with Crippen LogP contribution in [0.1, 0.15) is 12.8 Å². The molecule has 0 aromatic carbocycles. The molecule has 2 heterocycles. The van der Waals surface area contributed by atoms with E-state index in [1.54, 1.807) is 0 Å². The summed E-state index contributed by atoms with van der Waals surface area (Å²) < 4.78 is 1.98. The fourth-order valence-electron chi connectivity index (χ4n) is 1.51. The molecule has 11 heavy (non-hydrogen) atoms. The van der Waals surface area contributed by atoms with Gasteiger partial charge in [0.15, 0.2) is 0 Å². The Labute approximate surface area is 66.6 Å². The second kappa shape index (κ2) is 3.05. The van der Waals surface area contributed by atoms with Crippen LogP contribution in [0.5, 0.6) is 0 Å². The average Bonchev–Trinajstić information content (AvgIpc) is 2.60. The molecule has 1 fully saturated rings. The third kappa shape index (κ3) is 1.60. The molecule has 2 rings (SSSR count).